The molecule has 7 saturated heterocycles. The fourth-order valence-electron chi connectivity index (χ4n) is 14.2. The molecule has 7 aliphatic rings. The van der Waals surface area contributed by atoms with Crippen LogP contribution in [0.3, 0.4) is 0 Å². The molecule has 116 heavy (non-hydrogen) atoms. The fourth-order valence-corrected chi connectivity index (χ4v) is 15.3. The van der Waals surface area contributed by atoms with Gasteiger partial charge in [0.25, 0.3) is 0 Å². The van der Waals surface area contributed by atoms with Crippen LogP contribution in [0.2, 0.25) is 0 Å². The highest BCUT2D eigenvalue weighted by Gasteiger charge is 2.58. The number of hydrogen-bond acceptors (Lipinski definition) is 39. The third-order valence-corrected chi connectivity index (χ3v) is 22.5. The zero-order valence-corrected chi connectivity index (χ0v) is 66.6. The molecule has 0 radical (unpaired) electrons. The van der Waals surface area contributed by atoms with Crippen LogP contribution < -0.4 is 10.2 Å². The highest BCUT2D eigenvalue weighted by atomic mass is 32.2. The summed E-state index contributed by atoms with van der Waals surface area (Å²) in [6.07, 6.45) is -43.8. The predicted molar refractivity (Wildman–Crippen MR) is 393 cm³/mol. The van der Waals surface area contributed by atoms with Crippen molar-refractivity contribution in [1.82, 2.24) is 5.32 Å². The van der Waals surface area contributed by atoms with E-state index in [1.165, 1.54) is 32.5 Å². The van der Waals surface area contributed by atoms with Gasteiger partial charge in [-0.25, -0.2) is 4.90 Å². The van der Waals surface area contributed by atoms with E-state index in [0.29, 0.717) is 49.8 Å². The van der Waals surface area contributed by atoms with Crippen molar-refractivity contribution in [3.63, 3.8) is 0 Å². The lowest BCUT2D eigenvalue weighted by Gasteiger charge is -2.51. The van der Waals surface area contributed by atoms with Crippen LogP contribution in [0.1, 0.15) is 149 Å². The van der Waals surface area contributed by atoms with Crippen molar-refractivity contribution in [2.24, 2.45) is 11.8 Å². The second-order valence-electron chi connectivity index (χ2n) is 29.7. The number of imide groups is 1. The first-order chi connectivity index (χ1) is 55.1. The molecule has 0 aromatic heterocycles. The molecule has 0 saturated carbocycles. The highest BCUT2D eigenvalue weighted by molar-refractivity contribution is 8.01. The lowest BCUT2D eigenvalue weighted by Crippen LogP contribution is -2.68. The Bertz CT molecular complexity index is 3250. The molecule has 13 unspecified atom stereocenters. The number of unbranched alkanes of at least 4 members (excludes halogenated alkanes) is 5. The monoisotopic (exact) mass is 1690 g/mol. The summed E-state index contributed by atoms with van der Waals surface area (Å²) in [4.78, 5) is 102. The number of rotatable bonds is 40. The van der Waals surface area contributed by atoms with Crippen molar-refractivity contribution in [2.45, 2.75) is 328 Å². The average molecular weight is 1690 g/mol. The Balaban J connectivity index is 0.000000526. The minimum atomic E-state index is -2.17. The number of nitrogens with zero attached hydrogens (tertiary/aromatic N) is 1. The molecular formula is C75H118N2O38S. The summed E-state index contributed by atoms with van der Waals surface area (Å²) >= 11 is 1.21. The molecule has 1 aromatic carbocycles. The van der Waals surface area contributed by atoms with E-state index in [4.69, 9.17) is 66.4 Å². The maximum atomic E-state index is 12.7. The van der Waals surface area contributed by atoms with Crippen molar-refractivity contribution in [3.8, 4) is 0 Å². The molecule has 0 aliphatic carbocycles. The van der Waals surface area contributed by atoms with Crippen molar-refractivity contribution in [1.29, 1.82) is 0 Å². The van der Waals surface area contributed by atoms with Crippen molar-refractivity contribution in [3.05, 3.63) is 29.8 Å². The van der Waals surface area contributed by atoms with Gasteiger partial charge in [-0.1, -0.05) is 65.5 Å². The number of anilines is 1. The van der Waals surface area contributed by atoms with Gasteiger partial charge in [0.2, 0.25) is 17.7 Å². The molecule has 3 amide bonds. The number of hydrogen-bond donors (Lipinski definition) is 18. The predicted octanol–water partition coefficient (Wildman–Crippen LogP) is -5.14. The fraction of sp³-hybridized carbons (Fsp3) is 0.813. The van der Waals surface area contributed by atoms with Gasteiger partial charge in [-0.2, -0.15) is 9.59 Å². The van der Waals surface area contributed by atoms with Crippen molar-refractivity contribution >= 4 is 64.5 Å². The summed E-state index contributed by atoms with van der Waals surface area (Å²) in [5.74, 6) is -2.17. The molecule has 7 aliphatic heterocycles. The van der Waals surface area contributed by atoms with E-state index in [2.05, 4.69) is 5.32 Å². The number of carbonyl (C=O) groups excluding carboxylic acids is 9. The third-order valence-electron chi connectivity index (χ3n) is 21.3. The lowest BCUT2D eigenvalue weighted by atomic mass is 9.90. The molecule has 662 valence electrons. The van der Waals surface area contributed by atoms with Gasteiger partial charge in [0.1, 0.15) is 139 Å². The molecule has 8 rings (SSSR count). The second kappa shape index (κ2) is 48.7. The third kappa shape index (κ3) is 26.8. The van der Waals surface area contributed by atoms with E-state index >= 15 is 0 Å². The maximum Gasteiger partial charge on any atom is 0.373 e. The lowest BCUT2D eigenvalue weighted by molar-refractivity contribution is -0.401. The highest BCUT2D eigenvalue weighted by Crippen LogP contribution is 2.41. The Morgan fingerprint density at radius 3 is 1.76 bits per heavy atom. The standard InChI is InChI=1S/C51H89NO31.C23H29NO5S.CO2/c1-18(20(3)58)10-8-6-7-9-11-72-48-39(70)37(68)42(27(16-56)76-48)81-50-40(71)45(79-29-12-23(60)30(52-22(5)59)44(78-29)32(63)24(61)13-53)43(28(17-57)77-50)82-47-19(2)41(34(65)26(15-55)74-47)80-51-46(36(67)33(64)25(14-54)75-51)83-49-38(69)35(66)31(62)21(4)73-49;1-3-18(25)11-6-5-7-12-19(26)15-30-21-14-22(28)24(23(21)29)17-10-8-9-16(13-17)20(27)4-2;2-1-3/h18-19,21,23-51,53-57,60-71H,6-17H2,1-5H3,(H,52,59);8-10,13,21H,3-7,11-12,14-15H2,1-2H3;/t18-,19?,21?,23?,24+,25?,26?,27?,28?,29?,30+,31+,32+,33-,34-,35-,36-,37+,38?,39?,40?,41+,42+,43-,44+,45+,46?,47-,48+,49-,50-,51-;;/m0../s1. The second-order valence-corrected chi connectivity index (χ2v) is 30.9. The largest absolute Gasteiger partial charge is 0.394 e. The van der Waals surface area contributed by atoms with Crippen LogP contribution in [-0.2, 0) is 95.2 Å². The molecule has 7 fully saturated rings. The van der Waals surface area contributed by atoms with Gasteiger partial charge in [0, 0.05) is 69.5 Å². The maximum absolute atomic E-state index is 12.7. The van der Waals surface area contributed by atoms with E-state index in [1.54, 1.807) is 31.2 Å². The number of benzene rings is 1. The van der Waals surface area contributed by atoms with Crippen molar-refractivity contribution < 1.29 is 187 Å². The smallest absolute Gasteiger partial charge is 0.373 e. The Morgan fingerprint density at radius 1 is 0.586 bits per heavy atom. The van der Waals surface area contributed by atoms with E-state index in [1.807, 2.05) is 13.8 Å². The molecule has 33 atom stereocenters. The SMILES string of the molecule is CC(=O)N[C@@H]1C(O)CC(O[C@@H]2C(O)[C@H](O[C@@H]3C(CO)O[C@@H](OCCCCCC[C@H](C)C(C)=O)C(O)[C@H]3O)OC(CO)[C@@H]2O[C@@H]2OC(CO)[C@H](O)[C@H](O[C@@H]3OC(CO)[C@H](O)[C@H](O)C3O[C@@H]3OC(C)[C@@H](O)[C@H](O)C3O)C2C)O[C@H]1[C@H](O)[C@H](O)CO.CCC(=O)CCCCCC(=O)CSC1CC(=O)N(c2cccc(C(=O)CC)c2)C1=O.O=C=O. The van der Waals surface area contributed by atoms with Gasteiger partial charge < -0.3 is 149 Å². The van der Waals surface area contributed by atoms with Crippen molar-refractivity contribution in [2.75, 3.05) is 50.3 Å². The normalized spacial score (nSPS) is 36.8. The summed E-state index contributed by atoms with van der Waals surface area (Å²) in [5, 5.41) is 187. The average Bonchev–Trinajstić information content (AvgIpc) is 0.989. The van der Waals surface area contributed by atoms with E-state index in [9.17, 15) is 120 Å². The van der Waals surface area contributed by atoms with Gasteiger partial charge in [0.05, 0.1) is 74.1 Å². The first-order valence-electron chi connectivity index (χ1n) is 39.1. The van der Waals surface area contributed by atoms with E-state index < -0.39 is 241 Å². The molecule has 40 nitrogen and oxygen atoms in total. The Hall–Kier alpha value is -4.92. The zero-order chi connectivity index (χ0) is 86.1. The number of carbonyl (C=O) groups is 7. The van der Waals surface area contributed by atoms with Crippen LogP contribution in [0.15, 0.2) is 24.3 Å². The summed E-state index contributed by atoms with van der Waals surface area (Å²) in [6, 6.07) is 5.12. The molecule has 0 spiro atoms. The quantitative estimate of drug-likeness (QED) is 0.0166. The van der Waals surface area contributed by atoms with E-state index in [-0.39, 0.29) is 65.8 Å². The first-order valence-corrected chi connectivity index (χ1v) is 40.1. The summed E-state index contributed by atoms with van der Waals surface area (Å²) < 4.78 is 72.0. The first kappa shape index (κ1) is 99.9. The molecule has 7 heterocycles. The molecular weight excluding hydrogens is 1570 g/mol. The Labute approximate surface area is 673 Å². The van der Waals surface area contributed by atoms with E-state index in [0.717, 1.165) is 50.3 Å². The number of aliphatic hydroxyl groups is 17. The van der Waals surface area contributed by atoms with Crippen LogP contribution in [-0.4, -0.2) is 369 Å². The van der Waals surface area contributed by atoms with Gasteiger partial charge in [0.15, 0.2) is 43.5 Å². The van der Waals surface area contributed by atoms with Gasteiger partial charge in [-0.15, -0.1) is 11.8 Å². The number of amides is 3. The Morgan fingerprint density at radius 2 is 1.14 bits per heavy atom. The van der Waals surface area contributed by atoms with Gasteiger partial charge in [-0.3, -0.25) is 33.6 Å². The summed E-state index contributed by atoms with van der Waals surface area (Å²) in [5.41, 5.74) is 0.878. The molecule has 18 N–H and O–H groups in total. The van der Waals surface area contributed by atoms with Gasteiger partial charge >= 0.3 is 6.15 Å². The number of ketones is 4. The van der Waals surface area contributed by atoms with Crippen LogP contribution in [0, 0.1) is 11.8 Å². The minimum absolute atomic E-state index is 0.0495. The minimum Gasteiger partial charge on any atom is -0.394 e. The number of Topliss-reactive ketones (excluding diaryl/α,β-unsaturated/α-hetero) is 4. The number of nitrogens with one attached hydrogen (secondary N) is 1. The van der Waals surface area contributed by atoms with Crippen LogP contribution in [0.4, 0.5) is 5.69 Å². The van der Waals surface area contributed by atoms with Crippen LogP contribution >= 0.6 is 11.8 Å². The molecule has 1 aromatic rings. The molecule has 0 bridgehead atoms. The summed E-state index contributed by atoms with van der Waals surface area (Å²) in [6.45, 7) is 6.14. The topological polar surface area (TPSA) is 624 Å². The molecule has 41 heteroatoms. The van der Waals surface area contributed by atoms with Gasteiger partial charge in [-0.05, 0) is 51.7 Å². The van der Waals surface area contributed by atoms with Crippen LogP contribution in [0.5, 0.6) is 0 Å². The summed E-state index contributed by atoms with van der Waals surface area (Å²) in [7, 11) is 0. The van der Waals surface area contributed by atoms with Crippen LogP contribution in [0.25, 0.3) is 0 Å². The number of thioether (sulfide) groups is 1. The number of ether oxygens (including phenoxy) is 12. The zero-order valence-electron chi connectivity index (χ0n) is 65.7. The number of aliphatic hydroxyl groups excluding tert-OH is 17. The Kier molecular flexibility index (Phi) is 41.9.